The van der Waals surface area contributed by atoms with E-state index in [1.165, 1.54) is 45.1 Å². The minimum absolute atomic E-state index is 0.846. The van der Waals surface area contributed by atoms with Crippen molar-refractivity contribution in [3.63, 3.8) is 0 Å². The molecule has 2 aliphatic rings. The van der Waals surface area contributed by atoms with Crippen LogP contribution in [0.25, 0.3) is 0 Å². The van der Waals surface area contributed by atoms with Gasteiger partial charge in [0.1, 0.15) is 0 Å². The second-order valence-corrected chi connectivity index (χ2v) is 4.65. The van der Waals surface area contributed by atoms with Gasteiger partial charge in [0.2, 0.25) is 0 Å². The Kier molecular flexibility index (Phi) is 3.23. The summed E-state index contributed by atoms with van der Waals surface area (Å²) in [4.78, 5) is 0. The molecule has 3 N–H and O–H groups in total. The summed E-state index contributed by atoms with van der Waals surface area (Å²) in [5.41, 5.74) is 5.46. The van der Waals surface area contributed by atoms with Gasteiger partial charge in [0.25, 0.3) is 0 Å². The first-order valence-electron chi connectivity index (χ1n) is 5.85. The maximum absolute atomic E-state index is 5.46. The highest BCUT2D eigenvalue weighted by Crippen LogP contribution is 2.44. The van der Waals surface area contributed by atoms with Crippen LogP contribution < -0.4 is 11.1 Å². The van der Waals surface area contributed by atoms with E-state index in [-0.39, 0.29) is 0 Å². The van der Waals surface area contributed by atoms with Gasteiger partial charge in [-0.15, -0.1) is 0 Å². The van der Waals surface area contributed by atoms with E-state index >= 15 is 0 Å². The van der Waals surface area contributed by atoms with Crippen LogP contribution in [0, 0.1) is 11.8 Å². The number of rotatable bonds is 7. The van der Waals surface area contributed by atoms with Crippen molar-refractivity contribution in [2.24, 2.45) is 17.6 Å². The van der Waals surface area contributed by atoms with Gasteiger partial charge in [-0.05, 0) is 63.5 Å². The molecule has 0 radical (unpaired) electrons. The molecule has 2 heteroatoms. The lowest BCUT2D eigenvalue weighted by molar-refractivity contribution is 0.412. The number of hydrogen-bond donors (Lipinski definition) is 2. The van der Waals surface area contributed by atoms with Gasteiger partial charge in [-0.1, -0.05) is 0 Å². The van der Waals surface area contributed by atoms with E-state index in [4.69, 9.17) is 5.73 Å². The first-order valence-corrected chi connectivity index (χ1v) is 5.85. The van der Waals surface area contributed by atoms with Crippen LogP contribution in [0.1, 0.15) is 38.5 Å². The summed E-state index contributed by atoms with van der Waals surface area (Å²) in [6.07, 6.45) is 8.34. The van der Waals surface area contributed by atoms with Crippen LogP contribution in [0.2, 0.25) is 0 Å². The minimum Gasteiger partial charge on any atom is -0.330 e. The zero-order chi connectivity index (χ0) is 9.10. The molecular formula is C11H22N2. The van der Waals surface area contributed by atoms with Crippen LogP contribution in [0.15, 0.2) is 0 Å². The van der Waals surface area contributed by atoms with Gasteiger partial charge in [0.15, 0.2) is 0 Å². The fourth-order valence-corrected chi connectivity index (χ4v) is 2.17. The van der Waals surface area contributed by atoms with Crippen molar-refractivity contribution in [1.82, 2.24) is 5.32 Å². The van der Waals surface area contributed by atoms with Crippen LogP contribution in [0.3, 0.4) is 0 Å². The fourth-order valence-electron chi connectivity index (χ4n) is 2.17. The molecule has 0 bridgehead atoms. The maximum atomic E-state index is 5.46. The molecule has 2 saturated carbocycles. The topological polar surface area (TPSA) is 38.0 Å². The third kappa shape index (κ3) is 2.96. The van der Waals surface area contributed by atoms with E-state index in [2.05, 4.69) is 5.32 Å². The average molecular weight is 182 g/mol. The number of nitrogens with one attached hydrogen (secondary N) is 1. The van der Waals surface area contributed by atoms with Crippen molar-refractivity contribution < 1.29 is 0 Å². The highest BCUT2D eigenvalue weighted by atomic mass is 14.9. The molecular weight excluding hydrogens is 160 g/mol. The molecule has 2 nitrogen and oxygen atoms in total. The largest absolute Gasteiger partial charge is 0.330 e. The average Bonchev–Trinajstić information content (AvgIpc) is 2.99. The summed E-state index contributed by atoms with van der Waals surface area (Å²) in [7, 11) is 0. The molecule has 2 fully saturated rings. The molecule has 0 aromatic heterocycles. The Labute approximate surface area is 81.3 Å². The van der Waals surface area contributed by atoms with Crippen molar-refractivity contribution in [2.45, 2.75) is 44.6 Å². The van der Waals surface area contributed by atoms with Crippen LogP contribution >= 0.6 is 0 Å². The van der Waals surface area contributed by atoms with E-state index in [1.807, 2.05) is 0 Å². The second-order valence-electron chi connectivity index (χ2n) is 4.65. The molecule has 2 rings (SSSR count). The van der Waals surface area contributed by atoms with E-state index < -0.39 is 0 Å². The molecule has 0 heterocycles. The summed E-state index contributed by atoms with van der Waals surface area (Å²) in [5.74, 6) is 2.07. The minimum atomic E-state index is 0.846. The molecule has 76 valence electrons. The van der Waals surface area contributed by atoms with E-state index in [9.17, 15) is 0 Å². The Balaban J connectivity index is 1.59. The zero-order valence-corrected chi connectivity index (χ0v) is 8.47. The highest BCUT2D eigenvalue weighted by Gasteiger charge is 2.40. The summed E-state index contributed by atoms with van der Waals surface area (Å²) in [5, 5.41) is 3.72. The molecule has 0 unspecified atom stereocenters. The lowest BCUT2D eigenvalue weighted by Crippen LogP contribution is -2.33. The predicted molar refractivity (Wildman–Crippen MR) is 55.5 cm³/mol. The molecule has 0 amide bonds. The summed E-state index contributed by atoms with van der Waals surface area (Å²) in [6, 6.07) is 0.873. The summed E-state index contributed by atoms with van der Waals surface area (Å²) in [6.45, 7) is 2.04. The van der Waals surface area contributed by atoms with E-state index in [0.29, 0.717) is 0 Å². The molecule has 0 aromatic rings. The van der Waals surface area contributed by atoms with Crippen molar-refractivity contribution >= 4 is 0 Å². The highest BCUT2D eigenvalue weighted by molar-refractivity contribution is 4.96. The van der Waals surface area contributed by atoms with Crippen LogP contribution in [0.4, 0.5) is 0 Å². The maximum Gasteiger partial charge on any atom is 0.0124 e. The van der Waals surface area contributed by atoms with Crippen LogP contribution in [-0.4, -0.2) is 19.1 Å². The van der Waals surface area contributed by atoms with Crippen molar-refractivity contribution in [1.29, 1.82) is 0 Å². The SMILES string of the molecule is NCCCCNC(C1CC1)C1CC1. The van der Waals surface area contributed by atoms with Gasteiger partial charge >= 0.3 is 0 Å². The zero-order valence-electron chi connectivity index (χ0n) is 8.47. The van der Waals surface area contributed by atoms with Gasteiger partial charge in [-0.25, -0.2) is 0 Å². The predicted octanol–water partition coefficient (Wildman–Crippen LogP) is 1.50. The smallest absolute Gasteiger partial charge is 0.0124 e. The lowest BCUT2D eigenvalue weighted by atomic mass is 10.1. The molecule has 0 spiro atoms. The Morgan fingerprint density at radius 2 is 1.69 bits per heavy atom. The number of hydrogen-bond acceptors (Lipinski definition) is 2. The Hall–Kier alpha value is -0.0800. The molecule has 2 aliphatic carbocycles. The van der Waals surface area contributed by atoms with Gasteiger partial charge in [-0.2, -0.15) is 0 Å². The van der Waals surface area contributed by atoms with Crippen LogP contribution in [-0.2, 0) is 0 Å². The number of unbranched alkanes of at least 4 members (excludes halogenated alkanes) is 1. The molecule has 0 atom stereocenters. The van der Waals surface area contributed by atoms with Gasteiger partial charge in [0.05, 0.1) is 0 Å². The Bertz CT molecular complexity index is 138. The molecule has 0 aliphatic heterocycles. The summed E-state index contributed by atoms with van der Waals surface area (Å²) < 4.78 is 0. The molecule has 0 aromatic carbocycles. The van der Waals surface area contributed by atoms with Gasteiger partial charge in [-0.3, -0.25) is 0 Å². The van der Waals surface area contributed by atoms with Crippen molar-refractivity contribution in [3.05, 3.63) is 0 Å². The first-order chi connectivity index (χ1) is 6.42. The quantitative estimate of drug-likeness (QED) is 0.586. The fraction of sp³-hybridized carbons (Fsp3) is 1.00. The second kappa shape index (κ2) is 4.43. The van der Waals surface area contributed by atoms with E-state index in [1.54, 1.807) is 0 Å². The third-order valence-corrected chi connectivity index (χ3v) is 3.27. The van der Waals surface area contributed by atoms with Crippen molar-refractivity contribution in [2.75, 3.05) is 13.1 Å². The lowest BCUT2D eigenvalue weighted by Gasteiger charge is -2.17. The Morgan fingerprint density at radius 3 is 2.15 bits per heavy atom. The molecule has 13 heavy (non-hydrogen) atoms. The van der Waals surface area contributed by atoms with Gasteiger partial charge in [0, 0.05) is 6.04 Å². The molecule has 0 saturated heterocycles. The Morgan fingerprint density at radius 1 is 1.08 bits per heavy atom. The summed E-state index contributed by atoms with van der Waals surface area (Å²) >= 11 is 0. The number of nitrogens with two attached hydrogens (primary N) is 1. The normalized spacial score (nSPS) is 22.6. The first kappa shape index (κ1) is 9.47. The van der Waals surface area contributed by atoms with Crippen molar-refractivity contribution in [3.8, 4) is 0 Å². The third-order valence-electron chi connectivity index (χ3n) is 3.27. The van der Waals surface area contributed by atoms with Crippen LogP contribution in [0.5, 0.6) is 0 Å². The monoisotopic (exact) mass is 182 g/mol. The van der Waals surface area contributed by atoms with Gasteiger partial charge < -0.3 is 11.1 Å². The standard InChI is InChI=1S/C11H22N2/c12-7-1-2-8-13-11(9-3-4-9)10-5-6-10/h9-11,13H,1-8,12H2. The van der Waals surface area contributed by atoms with E-state index in [0.717, 1.165) is 24.4 Å².